The molecule has 0 unspecified atom stereocenters. The van der Waals surface area contributed by atoms with Crippen LogP contribution in [0.25, 0.3) is 11.3 Å². The molecule has 0 fully saturated rings. The van der Waals surface area contributed by atoms with Crippen molar-refractivity contribution in [2.24, 2.45) is 0 Å². The average Bonchev–Trinajstić information content (AvgIpc) is 2.59. The molecule has 0 saturated carbocycles. The van der Waals surface area contributed by atoms with Gasteiger partial charge < -0.3 is 15.5 Å². The second-order valence-corrected chi connectivity index (χ2v) is 7.89. The lowest BCUT2D eigenvalue weighted by Crippen LogP contribution is -2.33. The lowest BCUT2D eigenvalue weighted by atomic mass is 10.1. The number of rotatable bonds is 7. The summed E-state index contributed by atoms with van der Waals surface area (Å²) < 4.78 is 22.6. The highest BCUT2D eigenvalue weighted by molar-refractivity contribution is 7.89. The Hall–Kier alpha value is -2.29. The van der Waals surface area contributed by atoms with Gasteiger partial charge in [0.05, 0.1) is 24.2 Å². The van der Waals surface area contributed by atoms with Crippen LogP contribution in [0, 0.1) is 0 Å². The Morgan fingerprint density at radius 2 is 1.88 bits per heavy atom. The number of aromatic nitrogens is 1. The van der Waals surface area contributed by atoms with Gasteiger partial charge >= 0.3 is 0 Å². The van der Waals surface area contributed by atoms with Crippen LogP contribution in [-0.2, 0) is 15.6 Å². The van der Waals surface area contributed by atoms with Gasteiger partial charge in [-0.1, -0.05) is 18.2 Å². The predicted octanol–water partition coefficient (Wildman–Crippen LogP) is 0.376. The molecule has 0 radical (unpaired) electrons. The summed E-state index contributed by atoms with van der Waals surface area (Å²) in [4.78, 5) is 16.2. The summed E-state index contributed by atoms with van der Waals surface area (Å²) in [5, 5.41) is 20.5. The number of hydrogen-bond donors (Lipinski definition) is 3. The summed E-state index contributed by atoms with van der Waals surface area (Å²) in [5.74, 6) is -0.408. The molecule has 25 heavy (non-hydrogen) atoms. The molecule has 1 aromatic carbocycles. The zero-order valence-electron chi connectivity index (χ0n) is 13.7. The highest BCUT2D eigenvalue weighted by Gasteiger charge is 2.09. The second kappa shape index (κ2) is 8.19. The van der Waals surface area contributed by atoms with Gasteiger partial charge in [0.1, 0.15) is 0 Å². The maximum absolute atomic E-state index is 11.9. The van der Waals surface area contributed by atoms with Crippen molar-refractivity contribution in [1.82, 2.24) is 10.3 Å². The van der Waals surface area contributed by atoms with Crippen LogP contribution in [0.15, 0.2) is 42.6 Å². The van der Waals surface area contributed by atoms with Crippen LogP contribution in [-0.4, -0.2) is 55.0 Å². The third-order valence-corrected chi connectivity index (χ3v) is 4.26. The summed E-state index contributed by atoms with van der Waals surface area (Å²) in [6.45, 7) is -0.444. The van der Waals surface area contributed by atoms with E-state index in [1.807, 2.05) is 0 Å². The van der Waals surface area contributed by atoms with Crippen molar-refractivity contribution >= 4 is 15.7 Å². The number of aliphatic hydroxyl groups excluding tert-OH is 2. The Morgan fingerprint density at radius 1 is 1.20 bits per heavy atom. The number of hydrogen-bond acceptors (Lipinski definition) is 6. The van der Waals surface area contributed by atoms with Gasteiger partial charge in [-0.25, -0.2) is 8.42 Å². The number of carbonyl (C=O) groups is 1. The molecule has 2 rings (SSSR count). The molecular weight excluding hydrogens is 344 g/mol. The van der Waals surface area contributed by atoms with Gasteiger partial charge in [0, 0.05) is 30.1 Å². The van der Waals surface area contributed by atoms with Crippen molar-refractivity contribution in [2.45, 2.75) is 11.9 Å². The zero-order valence-corrected chi connectivity index (χ0v) is 14.5. The van der Waals surface area contributed by atoms with E-state index >= 15 is 0 Å². The van der Waals surface area contributed by atoms with Gasteiger partial charge in [0.25, 0.3) is 5.91 Å². The molecule has 7 nitrogen and oxygen atoms in total. The molecule has 1 aromatic heterocycles. The van der Waals surface area contributed by atoms with Gasteiger partial charge in [-0.2, -0.15) is 0 Å². The summed E-state index contributed by atoms with van der Waals surface area (Å²) in [7, 11) is -3.10. The number of sulfone groups is 1. The molecule has 0 aliphatic carbocycles. The fourth-order valence-electron chi connectivity index (χ4n) is 2.15. The number of nitrogens with one attached hydrogen (secondary N) is 1. The summed E-state index contributed by atoms with van der Waals surface area (Å²) in [6.07, 6.45) is 1.70. The molecule has 1 atom stereocenters. The third kappa shape index (κ3) is 5.93. The maximum atomic E-state index is 11.9. The first-order valence-electron chi connectivity index (χ1n) is 7.58. The van der Waals surface area contributed by atoms with Crippen molar-refractivity contribution in [1.29, 1.82) is 0 Å². The number of aliphatic hydroxyl groups is 2. The first-order chi connectivity index (χ1) is 11.8. The fraction of sp³-hybridized carbons (Fsp3) is 0.294. The van der Waals surface area contributed by atoms with E-state index in [0.717, 1.165) is 5.56 Å². The van der Waals surface area contributed by atoms with Gasteiger partial charge in [-0.15, -0.1) is 0 Å². The predicted molar refractivity (Wildman–Crippen MR) is 93.6 cm³/mol. The molecule has 8 heteroatoms. The first kappa shape index (κ1) is 19.0. The quantitative estimate of drug-likeness (QED) is 0.654. The second-order valence-electron chi connectivity index (χ2n) is 5.75. The minimum absolute atomic E-state index is 0.0273. The van der Waals surface area contributed by atoms with Crippen LogP contribution < -0.4 is 5.32 Å². The molecule has 134 valence electrons. The highest BCUT2D eigenvalue weighted by Crippen LogP contribution is 2.18. The van der Waals surface area contributed by atoms with E-state index in [0.29, 0.717) is 16.8 Å². The van der Waals surface area contributed by atoms with Gasteiger partial charge in [-0.3, -0.25) is 9.78 Å². The number of benzene rings is 1. The van der Waals surface area contributed by atoms with E-state index in [4.69, 9.17) is 5.11 Å². The van der Waals surface area contributed by atoms with Crippen molar-refractivity contribution in [3.05, 3.63) is 53.7 Å². The number of amides is 1. The molecular formula is C17H20N2O5S. The largest absolute Gasteiger partial charge is 0.394 e. The zero-order chi connectivity index (χ0) is 18.4. The molecule has 0 saturated heterocycles. The minimum Gasteiger partial charge on any atom is -0.394 e. The highest BCUT2D eigenvalue weighted by atomic mass is 32.2. The van der Waals surface area contributed by atoms with Crippen LogP contribution >= 0.6 is 0 Å². The Bertz CT molecular complexity index is 817. The van der Waals surface area contributed by atoms with E-state index in [9.17, 15) is 18.3 Å². The van der Waals surface area contributed by atoms with E-state index < -0.39 is 22.5 Å². The van der Waals surface area contributed by atoms with E-state index in [-0.39, 0.29) is 18.2 Å². The molecule has 0 bridgehead atoms. The molecule has 0 aliphatic rings. The van der Waals surface area contributed by atoms with Gasteiger partial charge in [-0.05, 0) is 23.8 Å². The van der Waals surface area contributed by atoms with E-state index in [1.54, 1.807) is 36.4 Å². The van der Waals surface area contributed by atoms with Crippen molar-refractivity contribution in [3.8, 4) is 11.3 Å². The standard InChI is InChI=1S/C17H20N2O5S/c1-25(23,24)11-12-2-7-16(18-8-12)13-3-5-14(6-4-13)17(22)19-9-15(21)10-20/h2-8,15,20-21H,9-11H2,1H3,(H,19,22)/t15-/m1/s1. The molecule has 1 heterocycles. The number of carbonyl (C=O) groups excluding carboxylic acids is 1. The first-order valence-corrected chi connectivity index (χ1v) is 9.65. The summed E-state index contributed by atoms with van der Waals surface area (Å²) >= 11 is 0. The normalized spacial score (nSPS) is 12.6. The Balaban J connectivity index is 2.05. The topological polar surface area (TPSA) is 117 Å². The van der Waals surface area contributed by atoms with Gasteiger partial charge in [0.2, 0.25) is 0 Å². The Morgan fingerprint density at radius 3 is 2.40 bits per heavy atom. The van der Waals surface area contributed by atoms with Crippen LogP contribution in [0.5, 0.6) is 0 Å². The van der Waals surface area contributed by atoms with Crippen molar-refractivity contribution in [3.63, 3.8) is 0 Å². The minimum atomic E-state index is -3.10. The molecule has 2 aromatic rings. The van der Waals surface area contributed by atoms with E-state index in [1.165, 1.54) is 12.5 Å². The average molecular weight is 364 g/mol. The molecule has 3 N–H and O–H groups in total. The molecule has 0 aliphatic heterocycles. The number of pyridine rings is 1. The lowest BCUT2D eigenvalue weighted by Gasteiger charge is -2.09. The maximum Gasteiger partial charge on any atom is 0.251 e. The van der Waals surface area contributed by atoms with Crippen LogP contribution in [0.1, 0.15) is 15.9 Å². The van der Waals surface area contributed by atoms with Crippen molar-refractivity contribution < 1.29 is 23.4 Å². The smallest absolute Gasteiger partial charge is 0.251 e. The monoisotopic (exact) mass is 364 g/mol. The van der Waals surface area contributed by atoms with Crippen molar-refractivity contribution in [2.75, 3.05) is 19.4 Å². The Labute approximate surface area is 146 Å². The Kier molecular flexibility index (Phi) is 6.24. The van der Waals surface area contributed by atoms with Gasteiger partial charge in [0.15, 0.2) is 9.84 Å². The third-order valence-electron chi connectivity index (χ3n) is 3.41. The number of nitrogens with zero attached hydrogens (tertiary/aromatic N) is 1. The summed E-state index contributed by atoms with van der Waals surface area (Å²) in [6, 6.07) is 10.2. The van der Waals surface area contributed by atoms with Crippen LogP contribution in [0.2, 0.25) is 0 Å². The van der Waals surface area contributed by atoms with Crippen LogP contribution in [0.3, 0.4) is 0 Å². The SMILES string of the molecule is CS(=O)(=O)Cc1ccc(-c2ccc(C(=O)NC[C@@H](O)CO)cc2)nc1. The van der Waals surface area contributed by atoms with E-state index in [2.05, 4.69) is 10.3 Å². The lowest BCUT2D eigenvalue weighted by molar-refractivity contribution is 0.0802. The summed E-state index contributed by atoms with van der Waals surface area (Å²) in [5.41, 5.74) is 2.49. The molecule has 1 amide bonds. The fourth-order valence-corrected chi connectivity index (χ4v) is 2.93. The van der Waals surface area contributed by atoms with Crippen LogP contribution in [0.4, 0.5) is 0 Å². The molecule has 0 spiro atoms.